The van der Waals surface area contributed by atoms with Gasteiger partial charge in [0.1, 0.15) is 18.1 Å². The van der Waals surface area contributed by atoms with Gasteiger partial charge in [-0.2, -0.15) is 0 Å². The first-order valence-electron chi connectivity index (χ1n) is 11.0. The molecule has 1 aliphatic rings. The summed E-state index contributed by atoms with van der Waals surface area (Å²) in [6.45, 7) is 6.72. The number of pyridine rings is 3. The summed E-state index contributed by atoms with van der Waals surface area (Å²) in [5.74, 6) is 2.65. The van der Waals surface area contributed by atoms with Crippen molar-refractivity contribution in [3.63, 3.8) is 0 Å². The van der Waals surface area contributed by atoms with Crippen LogP contribution in [0.15, 0.2) is 48.8 Å². The average Bonchev–Trinajstić information content (AvgIpc) is 2.85. The Labute approximate surface area is 192 Å². The van der Waals surface area contributed by atoms with Crippen molar-refractivity contribution in [3.8, 4) is 23.0 Å². The van der Waals surface area contributed by atoms with Crippen LogP contribution in [0.5, 0.6) is 23.0 Å². The molecule has 0 atom stereocenters. The van der Waals surface area contributed by atoms with Gasteiger partial charge in [0.2, 0.25) is 0 Å². The van der Waals surface area contributed by atoms with E-state index in [1.807, 2.05) is 43.3 Å². The smallest absolute Gasteiger partial charge is 0.163 e. The molecule has 0 saturated carbocycles. The van der Waals surface area contributed by atoms with E-state index in [1.165, 1.54) is 0 Å². The molecule has 0 radical (unpaired) electrons. The zero-order valence-electron chi connectivity index (χ0n) is 18.8. The number of rotatable bonds is 7. The van der Waals surface area contributed by atoms with Crippen LogP contribution in [0, 0.1) is 6.92 Å². The molecule has 4 heterocycles. The largest absolute Gasteiger partial charge is 0.493 e. The Bertz CT molecular complexity index is 1270. The SMILES string of the molecule is COc1cc2c(Oc3cc4cccnc4nc3C)ccnc2cc1OCCN1CCOCC1. The number of nitrogens with zero attached hydrogens (tertiary/aromatic N) is 4. The van der Waals surface area contributed by atoms with Gasteiger partial charge in [-0.3, -0.25) is 9.88 Å². The highest BCUT2D eigenvalue weighted by molar-refractivity contribution is 5.88. The predicted molar refractivity (Wildman–Crippen MR) is 125 cm³/mol. The molecule has 1 saturated heterocycles. The first-order chi connectivity index (χ1) is 16.2. The van der Waals surface area contributed by atoms with Crippen LogP contribution in [-0.4, -0.2) is 66.4 Å². The fourth-order valence-electron chi connectivity index (χ4n) is 3.90. The van der Waals surface area contributed by atoms with E-state index in [4.69, 9.17) is 18.9 Å². The summed E-state index contributed by atoms with van der Waals surface area (Å²) in [5, 5.41) is 1.76. The monoisotopic (exact) mass is 446 g/mol. The fourth-order valence-corrected chi connectivity index (χ4v) is 3.90. The van der Waals surface area contributed by atoms with Crippen LogP contribution >= 0.6 is 0 Å². The van der Waals surface area contributed by atoms with Crippen LogP contribution in [0.2, 0.25) is 0 Å². The number of ether oxygens (including phenoxy) is 4. The van der Waals surface area contributed by atoms with E-state index in [2.05, 4.69) is 19.9 Å². The van der Waals surface area contributed by atoms with Gasteiger partial charge in [0.25, 0.3) is 0 Å². The lowest BCUT2D eigenvalue weighted by molar-refractivity contribution is 0.0321. The second-order valence-corrected chi connectivity index (χ2v) is 7.86. The number of aromatic nitrogens is 3. The maximum Gasteiger partial charge on any atom is 0.163 e. The molecule has 33 heavy (non-hydrogen) atoms. The lowest BCUT2D eigenvalue weighted by Gasteiger charge is -2.26. The standard InChI is InChI=1S/C25H26N4O4/c1-17-22(14-18-4-3-6-27-25(18)28-17)33-21-5-7-26-20-16-24(23(30-2)15-19(20)21)32-13-10-29-8-11-31-12-9-29/h3-7,14-16H,8-13H2,1-2H3. The predicted octanol–water partition coefficient (Wildman–Crippen LogP) is 4.00. The molecule has 3 aromatic heterocycles. The van der Waals surface area contributed by atoms with E-state index in [0.29, 0.717) is 35.3 Å². The second-order valence-electron chi connectivity index (χ2n) is 7.86. The lowest BCUT2D eigenvalue weighted by Crippen LogP contribution is -2.38. The topological polar surface area (TPSA) is 78.8 Å². The van der Waals surface area contributed by atoms with Crippen LogP contribution < -0.4 is 14.2 Å². The number of hydrogen-bond donors (Lipinski definition) is 0. The fraction of sp³-hybridized carbons (Fsp3) is 0.320. The molecule has 0 amide bonds. The molecule has 4 aromatic rings. The van der Waals surface area contributed by atoms with Gasteiger partial charge < -0.3 is 18.9 Å². The van der Waals surface area contributed by atoms with Gasteiger partial charge in [0.15, 0.2) is 17.1 Å². The highest BCUT2D eigenvalue weighted by atomic mass is 16.5. The Balaban J connectivity index is 1.40. The summed E-state index contributed by atoms with van der Waals surface area (Å²) >= 11 is 0. The number of methoxy groups -OCH3 is 1. The Morgan fingerprint density at radius 1 is 0.970 bits per heavy atom. The van der Waals surface area contributed by atoms with Gasteiger partial charge in [-0.1, -0.05) is 0 Å². The summed E-state index contributed by atoms with van der Waals surface area (Å²) in [6, 6.07) is 11.5. The second kappa shape index (κ2) is 9.56. The van der Waals surface area contributed by atoms with E-state index >= 15 is 0 Å². The Morgan fingerprint density at radius 2 is 1.85 bits per heavy atom. The number of fused-ring (bicyclic) bond motifs is 2. The lowest BCUT2D eigenvalue weighted by atomic mass is 10.1. The van der Waals surface area contributed by atoms with Crippen LogP contribution in [0.25, 0.3) is 21.9 Å². The molecule has 0 bridgehead atoms. The molecular formula is C25H26N4O4. The molecule has 8 heteroatoms. The summed E-state index contributed by atoms with van der Waals surface area (Å²) in [7, 11) is 1.64. The van der Waals surface area contributed by atoms with Crippen molar-refractivity contribution in [1.82, 2.24) is 19.9 Å². The maximum atomic E-state index is 6.29. The third-order valence-electron chi connectivity index (χ3n) is 5.71. The van der Waals surface area contributed by atoms with Gasteiger partial charge in [-0.05, 0) is 37.3 Å². The first-order valence-corrected chi connectivity index (χ1v) is 11.0. The van der Waals surface area contributed by atoms with Crippen LogP contribution in [-0.2, 0) is 4.74 Å². The Kier molecular flexibility index (Phi) is 6.19. The first kappa shape index (κ1) is 21.4. The summed E-state index contributed by atoms with van der Waals surface area (Å²) in [6.07, 6.45) is 3.46. The van der Waals surface area contributed by atoms with Crippen molar-refractivity contribution in [2.75, 3.05) is 46.6 Å². The normalized spacial score (nSPS) is 14.5. The van der Waals surface area contributed by atoms with Crippen molar-refractivity contribution in [2.45, 2.75) is 6.92 Å². The third-order valence-corrected chi connectivity index (χ3v) is 5.71. The maximum absolute atomic E-state index is 6.29. The van der Waals surface area contributed by atoms with Crippen molar-refractivity contribution < 1.29 is 18.9 Å². The number of hydrogen-bond acceptors (Lipinski definition) is 8. The molecule has 0 unspecified atom stereocenters. The number of benzene rings is 1. The molecule has 1 aromatic carbocycles. The van der Waals surface area contributed by atoms with Crippen molar-refractivity contribution in [2.24, 2.45) is 0 Å². The quantitative estimate of drug-likeness (QED) is 0.422. The van der Waals surface area contributed by atoms with Gasteiger partial charge in [-0.15, -0.1) is 0 Å². The van der Waals surface area contributed by atoms with Crippen LogP contribution in [0.3, 0.4) is 0 Å². The van der Waals surface area contributed by atoms with Gasteiger partial charge in [0, 0.05) is 48.9 Å². The van der Waals surface area contributed by atoms with Crippen molar-refractivity contribution in [1.29, 1.82) is 0 Å². The molecule has 1 aliphatic heterocycles. The zero-order valence-corrected chi connectivity index (χ0v) is 18.8. The van der Waals surface area contributed by atoms with Gasteiger partial charge in [-0.25, -0.2) is 9.97 Å². The van der Waals surface area contributed by atoms with E-state index in [9.17, 15) is 0 Å². The Morgan fingerprint density at radius 3 is 2.70 bits per heavy atom. The summed E-state index contributed by atoms with van der Waals surface area (Å²) in [4.78, 5) is 15.7. The van der Waals surface area contributed by atoms with Crippen molar-refractivity contribution >= 4 is 21.9 Å². The average molecular weight is 447 g/mol. The molecule has 170 valence electrons. The molecular weight excluding hydrogens is 420 g/mol. The van der Waals surface area contributed by atoms with Crippen molar-refractivity contribution in [3.05, 3.63) is 54.5 Å². The van der Waals surface area contributed by atoms with Gasteiger partial charge >= 0.3 is 0 Å². The van der Waals surface area contributed by atoms with Crippen LogP contribution in [0.4, 0.5) is 0 Å². The van der Waals surface area contributed by atoms with E-state index < -0.39 is 0 Å². The molecule has 0 aliphatic carbocycles. The number of aryl methyl sites for hydroxylation is 1. The molecule has 0 spiro atoms. The summed E-state index contributed by atoms with van der Waals surface area (Å²) < 4.78 is 23.4. The zero-order chi connectivity index (χ0) is 22.6. The van der Waals surface area contributed by atoms with Gasteiger partial charge in [0.05, 0.1) is 31.5 Å². The minimum Gasteiger partial charge on any atom is -0.493 e. The minimum atomic E-state index is 0.564. The van der Waals surface area contributed by atoms with E-state index in [0.717, 1.165) is 54.8 Å². The van der Waals surface area contributed by atoms with Crippen LogP contribution in [0.1, 0.15) is 5.69 Å². The van der Waals surface area contributed by atoms with E-state index in [-0.39, 0.29) is 0 Å². The summed E-state index contributed by atoms with van der Waals surface area (Å²) in [5.41, 5.74) is 2.23. The molecule has 8 nitrogen and oxygen atoms in total. The third kappa shape index (κ3) is 4.67. The molecule has 5 rings (SSSR count). The highest BCUT2D eigenvalue weighted by Crippen LogP contribution is 2.37. The highest BCUT2D eigenvalue weighted by Gasteiger charge is 2.15. The molecule has 1 fully saturated rings. The minimum absolute atomic E-state index is 0.564. The Hall–Kier alpha value is -3.49. The number of morpholine rings is 1. The van der Waals surface area contributed by atoms with E-state index in [1.54, 1.807) is 19.5 Å². The molecule has 0 N–H and O–H groups in total.